The molecule has 0 bridgehead atoms. The van der Waals surface area contributed by atoms with E-state index in [0.717, 1.165) is 12.0 Å². The van der Waals surface area contributed by atoms with Gasteiger partial charge in [-0.2, -0.15) is 0 Å². The molecular weight excluding hydrogens is 181 g/mol. The molecule has 3 heteroatoms. The first-order valence-corrected chi connectivity index (χ1v) is 4.14. The van der Waals surface area contributed by atoms with Gasteiger partial charge in [-0.25, -0.2) is 0 Å². The van der Waals surface area contributed by atoms with Crippen molar-refractivity contribution in [2.24, 2.45) is 0 Å². The van der Waals surface area contributed by atoms with Gasteiger partial charge >= 0.3 is 0 Å². The number of nitrogen functional groups attached to an aromatic ring is 1. The lowest BCUT2D eigenvalue weighted by atomic mass is 10.1. The average Bonchev–Trinajstić information content (AvgIpc) is 2.01. The molecule has 2 N–H and O–H groups in total. The van der Waals surface area contributed by atoms with Crippen LogP contribution in [0.25, 0.3) is 0 Å². The molecule has 0 radical (unpaired) electrons. The molecule has 0 aromatic heterocycles. The molecule has 1 aromatic rings. The highest BCUT2D eigenvalue weighted by Crippen LogP contribution is 2.30. The molecule has 0 heterocycles. The summed E-state index contributed by atoms with van der Waals surface area (Å²) in [5.74, 6) is 0. The van der Waals surface area contributed by atoms with E-state index in [4.69, 9.17) is 28.9 Å². The van der Waals surface area contributed by atoms with Gasteiger partial charge in [-0.05, 0) is 18.1 Å². The maximum Gasteiger partial charge on any atom is 0.0695 e. The Kier molecular flexibility index (Phi) is 2.63. The molecule has 0 spiro atoms. The number of rotatable bonds is 1. The zero-order valence-electron chi connectivity index (χ0n) is 6.20. The monoisotopic (exact) mass is 189 g/mol. The molecule has 0 aliphatic carbocycles. The van der Waals surface area contributed by atoms with Gasteiger partial charge in [0, 0.05) is 0 Å². The number of benzene rings is 1. The number of hydrogen-bond donors (Lipinski definition) is 1. The molecule has 0 atom stereocenters. The summed E-state index contributed by atoms with van der Waals surface area (Å²) in [5, 5.41) is 1.10. The van der Waals surface area contributed by atoms with E-state index < -0.39 is 0 Å². The maximum atomic E-state index is 5.89. The van der Waals surface area contributed by atoms with E-state index in [1.165, 1.54) is 0 Å². The average molecular weight is 190 g/mol. The highest BCUT2D eigenvalue weighted by Gasteiger charge is 2.04. The van der Waals surface area contributed by atoms with Gasteiger partial charge in [-0.3, -0.25) is 0 Å². The van der Waals surface area contributed by atoms with Gasteiger partial charge in [-0.1, -0.05) is 36.2 Å². The second kappa shape index (κ2) is 3.33. The summed E-state index contributed by atoms with van der Waals surface area (Å²) in [4.78, 5) is 0. The summed E-state index contributed by atoms with van der Waals surface area (Å²) in [6, 6.07) is 3.66. The molecular formula is C8H9Cl2N. The Morgan fingerprint density at radius 1 is 1.36 bits per heavy atom. The van der Waals surface area contributed by atoms with Gasteiger partial charge in [-0.15, -0.1) is 0 Å². The highest BCUT2D eigenvalue weighted by molar-refractivity contribution is 6.39. The third-order valence-corrected chi connectivity index (χ3v) is 2.36. The van der Waals surface area contributed by atoms with Crippen molar-refractivity contribution in [1.82, 2.24) is 0 Å². The highest BCUT2D eigenvalue weighted by atomic mass is 35.5. The Morgan fingerprint density at radius 3 is 2.55 bits per heavy atom. The number of nitrogens with two attached hydrogens (primary N) is 1. The fourth-order valence-electron chi connectivity index (χ4n) is 0.888. The Bertz CT molecular complexity index is 271. The molecule has 0 unspecified atom stereocenters. The van der Waals surface area contributed by atoms with E-state index >= 15 is 0 Å². The zero-order valence-corrected chi connectivity index (χ0v) is 7.71. The molecule has 1 nitrogen and oxygen atoms in total. The third kappa shape index (κ3) is 1.60. The van der Waals surface area contributed by atoms with Gasteiger partial charge in [0.15, 0.2) is 0 Å². The van der Waals surface area contributed by atoms with E-state index in [9.17, 15) is 0 Å². The number of anilines is 1. The Hall–Kier alpha value is -0.400. The first kappa shape index (κ1) is 8.69. The number of aryl methyl sites for hydroxylation is 1. The van der Waals surface area contributed by atoms with Crippen LogP contribution >= 0.6 is 23.2 Å². The van der Waals surface area contributed by atoms with Crippen LogP contribution in [-0.4, -0.2) is 0 Å². The second-order valence-corrected chi connectivity index (χ2v) is 3.07. The van der Waals surface area contributed by atoms with Gasteiger partial charge in [0.25, 0.3) is 0 Å². The minimum atomic E-state index is 0.479. The summed E-state index contributed by atoms with van der Waals surface area (Å²) >= 11 is 11.6. The van der Waals surface area contributed by atoms with Gasteiger partial charge in [0.05, 0.1) is 15.7 Å². The van der Waals surface area contributed by atoms with E-state index in [-0.39, 0.29) is 0 Å². The van der Waals surface area contributed by atoms with Crippen LogP contribution in [0.4, 0.5) is 5.69 Å². The van der Waals surface area contributed by atoms with E-state index in [0.29, 0.717) is 15.7 Å². The van der Waals surface area contributed by atoms with Crippen molar-refractivity contribution < 1.29 is 0 Å². The molecule has 1 aromatic carbocycles. The molecule has 0 saturated heterocycles. The van der Waals surface area contributed by atoms with Gasteiger partial charge < -0.3 is 5.73 Å². The molecule has 60 valence electrons. The molecule has 0 amide bonds. The maximum absolute atomic E-state index is 5.89. The van der Waals surface area contributed by atoms with Crippen LogP contribution in [0.15, 0.2) is 12.1 Å². The summed E-state index contributed by atoms with van der Waals surface area (Å²) in [6.07, 6.45) is 0.875. The molecule has 0 aliphatic heterocycles. The quantitative estimate of drug-likeness (QED) is 0.676. The van der Waals surface area contributed by atoms with Crippen molar-refractivity contribution in [2.45, 2.75) is 13.3 Å². The van der Waals surface area contributed by atoms with Crippen LogP contribution in [0.3, 0.4) is 0 Å². The molecule has 0 saturated carbocycles. The molecule has 11 heavy (non-hydrogen) atoms. The summed E-state index contributed by atoms with van der Waals surface area (Å²) in [5.41, 5.74) is 7.11. The minimum absolute atomic E-state index is 0.479. The largest absolute Gasteiger partial charge is 0.396 e. The SMILES string of the molecule is CCc1ccc(Cl)c(N)c1Cl. The van der Waals surface area contributed by atoms with E-state index in [1.807, 2.05) is 13.0 Å². The van der Waals surface area contributed by atoms with E-state index in [1.54, 1.807) is 6.07 Å². The fourth-order valence-corrected chi connectivity index (χ4v) is 1.39. The predicted octanol–water partition coefficient (Wildman–Crippen LogP) is 3.14. The summed E-state index contributed by atoms with van der Waals surface area (Å²) in [6.45, 7) is 2.02. The molecule has 1 rings (SSSR count). The zero-order chi connectivity index (χ0) is 8.43. The summed E-state index contributed by atoms with van der Waals surface area (Å²) in [7, 11) is 0. The lowest BCUT2D eigenvalue weighted by Gasteiger charge is -2.04. The minimum Gasteiger partial charge on any atom is -0.396 e. The second-order valence-electron chi connectivity index (χ2n) is 2.29. The van der Waals surface area contributed by atoms with Crippen LogP contribution in [0.1, 0.15) is 12.5 Å². The Morgan fingerprint density at radius 2 is 2.00 bits per heavy atom. The van der Waals surface area contributed by atoms with Crippen molar-refractivity contribution in [3.63, 3.8) is 0 Å². The van der Waals surface area contributed by atoms with Crippen molar-refractivity contribution in [3.05, 3.63) is 27.7 Å². The Balaban J connectivity index is 3.25. The Labute approximate surface area is 76.1 Å². The molecule has 0 aliphatic rings. The van der Waals surface area contributed by atoms with Crippen molar-refractivity contribution in [1.29, 1.82) is 0 Å². The summed E-state index contributed by atoms with van der Waals surface area (Å²) < 4.78 is 0. The fraction of sp³-hybridized carbons (Fsp3) is 0.250. The number of hydrogen-bond acceptors (Lipinski definition) is 1. The van der Waals surface area contributed by atoms with Crippen LogP contribution in [0.2, 0.25) is 10.0 Å². The number of halogens is 2. The van der Waals surface area contributed by atoms with Crippen LogP contribution < -0.4 is 5.73 Å². The normalized spacial score (nSPS) is 10.1. The third-order valence-electron chi connectivity index (χ3n) is 1.59. The van der Waals surface area contributed by atoms with Gasteiger partial charge in [0.1, 0.15) is 0 Å². The first-order valence-electron chi connectivity index (χ1n) is 3.39. The lowest BCUT2D eigenvalue weighted by molar-refractivity contribution is 1.14. The van der Waals surface area contributed by atoms with Crippen LogP contribution in [0.5, 0.6) is 0 Å². The topological polar surface area (TPSA) is 26.0 Å². The van der Waals surface area contributed by atoms with E-state index in [2.05, 4.69) is 0 Å². The smallest absolute Gasteiger partial charge is 0.0695 e. The standard InChI is InChI=1S/C8H9Cl2N/c1-2-5-3-4-6(9)8(11)7(5)10/h3-4H,2,11H2,1H3. The first-order chi connectivity index (χ1) is 5.16. The van der Waals surface area contributed by atoms with Crippen LogP contribution in [-0.2, 0) is 6.42 Å². The van der Waals surface area contributed by atoms with Crippen molar-refractivity contribution >= 4 is 28.9 Å². The predicted molar refractivity (Wildman–Crippen MR) is 50.3 cm³/mol. The van der Waals surface area contributed by atoms with Crippen LogP contribution in [0, 0.1) is 0 Å². The lowest BCUT2D eigenvalue weighted by Crippen LogP contribution is -1.91. The van der Waals surface area contributed by atoms with Crippen molar-refractivity contribution in [2.75, 3.05) is 5.73 Å². The van der Waals surface area contributed by atoms with Gasteiger partial charge in [0.2, 0.25) is 0 Å². The molecule has 0 fully saturated rings. The van der Waals surface area contributed by atoms with Crippen molar-refractivity contribution in [3.8, 4) is 0 Å².